The summed E-state index contributed by atoms with van der Waals surface area (Å²) in [6, 6.07) is 12.1. The number of amides is 1. The molecule has 33 heavy (non-hydrogen) atoms. The average Bonchev–Trinajstić information content (AvgIpc) is 2.81. The maximum Gasteiger partial charge on any atom is 0.297 e. The van der Waals surface area contributed by atoms with E-state index in [1.807, 2.05) is 6.92 Å². The normalized spacial score (nSPS) is 25.1. The van der Waals surface area contributed by atoms with Gasteiger partial charge in [0, 0.05) is 17.6 Å². The van der Waals surface area contributed by atoms with E-state index in [4.69, 9.17) is 19.2 Å². The molecule has 0 bridgehead atoms. The Morgan fingerprint density at radius 2 is 1.88 bits per heavy atom. The first-order chi connectivity index (χ1) is 15.8. The molecule has 0 radical (unpaired) electrons. The second-order valence-corrected chi connectivity index (χ2v) is 9.00. The Labute approximate surface area is 191 Å². The number of ether oxygens (including phenoxy) is 2. The van der Waals surface area contributed by atoms with Crippen molar-refractivity contribution in [3.05, 3.63) is 76.2 Å². The van der Waals surface area contributed by atoms with E-state index in [1.165, 1.54) is 19.2 Å². The van der Waals surface area contributed by atoms with Crippen LogP contribution in [0.3, 0.4) is 0 Å². The van der Waals surface area contributed by atoms with Crippen molar-refractivity contribution in [3.8, 4) is 0 Å². The molecule has 0 aliphatic carbocycles. The van der Waals surface area contributed by atoms with Gasteiger partial charge >= 0.3 is 0 Å². The largest absolute Gasteiger partial charge is 0.390 e. The number of carbonyl (C=O) groups excluding carboxylic acids is 1. The highest BCUT2D eigenvalue weighted by molar-refractivity contribution is 7.86. The summed E-state index contributed by atoms with van der Waals surface area (Å²) in [6.07, 6.45) is -3.84. The molecule has 1 amide bonds. The van der Waals surface area contributed by atoms with Crippen LogP contribution < -0.4 is 5.32 Å². The van der Waals surface area contributed by atoms with Crippen molar-refractivity contribution in [1.29, 1.82) is 0 Å². The van der Waals surface area contributed by atoms with Crippen molar-refractivity contribution in [2.24, 2.45) is 5.11 Å². The lowest BCUT2D eigenvalue weighted by Gasteiger charge is -2.42. The highest BCUT2D eigenvalue weighted by Gasteiger charge is 2.46. The summed E-state index contributed by atoms with van der Waals surface area (Å²) in [7, 11) is -2.82. The van der Waals surface area contributed by atoms with Crippen molar-refractivity contribution in [2.75, 3.05) is 13.7 Å². The number of rotatable bonds is 8. The van der Waals surface area contributed by atoms with Crippen LogP contribution in [-0.4, -0.2) is 63.7 Å². The molecule has 5 atom stereocenters. The van der Waals surface area contributed by atoms with Crippen LogP contribution in [0.25, 0.3) is 10.4 Å². The maximum absolute atomic E-state index is 12.6. The fourth-order valence-corrected chi connectivity index (χ4v) is 4.30. The Hall–Kier alpha value is -2.99. The minimum Gasteiger partial charge on any atom is -0.390 e. The summed E-state index contributed by atoms with van der Waals surface area (Å²) < 4.78 is 41.0. The monoisotopic (exact) mass is 476 g/mol. The first-order valence-electron chi connectivity index (χ1n) is 9.99. The highest BCUT2D eigenvalue weighted by atomic mass is 32.2. The second-order valence-electron chi connectivity index (χ2n) is 7.38. The lowest BCUT2D eigenvalue weighted by molar-refractivity contribution is -0.234. The molecule has 1 fully saturated rings. The Morgan fingerprint density at radius 3 is 2.48 bits per heavy atom. The van der Waals surface area contributed by atoms with Crippen molar-refractivity contribution < 1.29 is 32.0 Å². The molecule has 1 heterocycles. The van der Waals surface area contributed by atoms with Gasteiger partial charge in [0.05, 0.1) is 29.7 Å². The molecular weight excluding hydrogens is 452 g/mol. The number of nitrogens with one attached hydrogen (secondary N) is 1. The van der Waals surface area contributed by atoms with E-state index >= 15 is 0 Å². The second kappa shape index (κ2) is 10.8. The summed E-state index contributed by atoms with van der Waals surface area (Å²) in [5.74, 6) is -0.492. The minimum absolute atomic E-state index is 0.0544. The smallest absolute Gasteiger partial charge is 0.297 e. The highest BCUT2D eigenvalue weighted by Crippen LogP contribution is 2.26. The Balaban J connectivity index is 1.76. The molecule has 12 heteroatoms. The molecule has 0 aromatic heterocycles. The molecule has 5 unspecified atom stereocenters. The number of aryl methyl sites for hydroxylation is 1. The molecule has 11 nitrogen and oxygen atoms in total. The zero-order chi connectivity index (χ0) is 24.0. The lowest BCUT2D eigenvalue weighted by atomic mass is 9.94. The predicted molar refractivity (Wildman–Crippen MR) is 117 cm³/mol. The van der Waals surface area contributed by atoms with Gasteiger partial charge in [-0.2, -0.15) is 8.42 Å². The van der Waals surface area contributed by atoms with Crippen molar-refractivity contribution in [3.63, 3.8) is 0 Å². The van der Waals surface area contributed by atoms with Crippen molar-refractivity contribution in [2.45, 2.75) is 42.4 Å². The van der Waals surface area contributed by atoms with Gasteiger partial charge in [0.15, 0.2) is 6.29 Å². The number of aliphatic hydroxyl groups is 1. The average molecular weight is 477 g/mol. The molecule has 0 spiro atoms. The van der Waals surface area contributed by atoms with Crippen LogP contribution in [0.2, 0.25) is 0 Å². The number of carbonyl (C=O) groups is 1. The number of aliphatic hydroxyl groups excluding tert-OH is 1. The molecular formula is C21H24N4O7S. The molecule has 0 saturated carbocycles. The zero-order valence-electron chi connectivity index (χ0n) is 17.9. The first kappa shape index (κ1) is 24.6. The molecule has 1 aliphatic rings. The van der Waals surface area contributed by atoms with Crippen LogP contribution in [0.15, 0.2) is 64.6 Å². The van der Waals surface area contributed by atoms with Crippen LogP contribution >= 0.6 is 0 Å². The van der Waals surface area contributed by atoms with Gasteiger partial charge in [0.25, 0.3) is 16.0 Å². The molecule has 2 N–H and O–H groups in total. The fraction of sp³-hybridized carbons (Fsp3) is 0.381. The van der Waals surface area contributed by atoms with Gasteiger partial charge in [-0.15, -0.1) is 0 Å². The summed E-state index contributed by atoms with van der Waals surface area (Å²) >= 11 is 0. The summed E-state index contributed by atoms with van der Waals surface area (Å²) in [5.41, 5.74) is 10.2. The number of methoxy groups -OCH3 is 1. The molecule has 1 aliphatic heterocycles. The van der Waals surface area contributed by atoms with E-state index in [-0.39, 0.29) is 4.90 Å². The number of hydrogen-bond acceptors (Lipinski definition) is 8. The van der Waals surface area contributed by atoms with Gasteiger partial charge in [-0.05, 0) is 36.7 Å². The molecule has 1 saturated heterocycles. The van der Waals surface area contributed by atoms with Crippen LogP contribution in [0, 0.1) is 6.92 Å². The fourth-order valence-electron chi connectivity index (χ4n) is 3.38. The van der Waals surface area contributed by atoms with Gasteiger partial charge in [0.2, 0.25) is 0 Å². The van der Waals surface area contributed by atoms with Crippen molar-refractivity contribution in [1.82, 2.24) is 5.32 Å². The van der Waals surface area contributed by atoms with E-state index in [0.29, 0.717) is 5.56 Å². The third-order valence-electron chi connectivity index (χ3n) is 5.15. The maximum atomic E-state index is 12.6. The summed E-state index contributed by atoms with van der Waals surface area (Å²) in [4.78, 5) is 15.3. The van der Waals surface area contributed by atoms with E-state index in [0.717, 1.165) is 5.56 Å². The Kier molecular flexibility index (Phi) is 8.03. The van der Waals surface area contributed by atoms with Crippen molar-refractivity contribution >= 4 is 16.0 Å². The Morgan fingerprint density at radius 1 is 1.21 bits per heavy atom. The van der Waals surface area contributed by atoms with Crippen LogP contribution in [0.5, 0.6) is 0 Å². The number of nitrogens with zero attached hydrogens (tertiary/aromatic N) is 3. The topological polar surface area (TPSA) is 160 Å². The third kappa shape index (κ3) is 5.88. The van der Waals surface area contributed by atoms with Gasteiger partial charge in [-0.1, -0.05) is 41.0 Å². The van der Waals surface area contributed by atoms with Gasteiger partial charge in [-0.25, -0.2) is 0 Å². The van der Waals surface area contributed by atoms with Crippen LogP contribution in [-0.2, 0) is 23.8 Å². The number of hydrogen-bond donors (Lipinski definition) is 2. The van der Waals surface area contributed by atoms with E-state index in [1.54, 1.807) is 42.5 Å². The molecule has 2 aromatic carbocycles. The number of benzene rings is 2. The van der Waals surface area contributed by atoms with Crippen LogP contribution in [0.4, 0.5) is 0 Å². The quantitative estimate of drug-likeness (QED) is 0.255. The standard InChI is InChI=1S/C21H24N4O7S/c1-13-8-10-15(11-9-13)33(28,29)31-12-16-19(26)17(24-25-22)18(21(30-2)32-16)23-20(27)14-6-4-3-5-7-14/h3-11,16-19,21,26H,12H2,1-2H3,(H,23,27). The van der Waals surface area contributed by atoms with E-state index in [2.05, 4.69) is 15.3 Å². The van der Waals surface area contributed by atoms with Crippen LogP contribution in [0.1, 0.15) is 15.9 Å². The van der Waals surface area contributed by atoms with E-state index < -0.39 is 53.2 Å². The van der Waals surface area contributed by atoms with E-state index in [9.17, 15) is 18.3 Å². The van der Waals surface area contributed by atoms with Gasteiger partial charge in [-0.3, -0.25) is 8.98 Å². The minimum atomic E-state index is -4.13. The zero-order valence-corrected chi connectivity index (χ0v) is 18.8. The SMILES string of the molecule is COC1OC(COS(=O)(=O)c2ccc(C)cc2)C(O)C(N=[N+]=[N-])C1NC(=O)c1ccccc1. The Bertz CT molecular complexity index is 1110. The molecule has 3 rings (SSSR count). The first-order valence-corrected chi connectivity index (χ1v) is 11.4. The molecule has 2 aromatic rings. The third-order valence-corrected chi connectivity index (χ3v) is 6.44. The summed E-state index contributed by atoms with van der Waals surface area (Å²) in [6.45, 7) is 1.26. The summed E-state index contributed by atoms with van der Waals surface area (Å²) in [5, 5.41) is 17.0. The molecule has 176 valence electrons. The van der Waals surface area contributed by atoms with Gasteiger partial charge in [0.1, 0.15) is 6.10 Å². The predicted octanol–water partition coefficient (Wildman–Crippen LogP) is 1.91. The lowest BCUT2D eigenvalue weighted by Crippen LogP contribution is -2.64. The van der Waals surface area contributed by atoms with Gasteiger partial charge < -0.3 is 19.9 Å². The number of azide groups is 1.